The first-order valence-corrected chi connectivity index (χ1v) is 6.63. The van der Waals surface area contributed by atoms with E-state index in [9.17, 15) is 4.79 Å². The van der Waals surface area contributed by atoms with Gasteiger partial charge in [-0.05, 0) is 25.2 Å². The van der Waals surface area contributed by atoms with Crippen LogP contribution in [-0.4, -0.2) is 22.9 Å². The van der Waals surface area contributed by atoms with E-state index in [0.29, 0.717) is 17.4 Å². The largest absolute Gasteiger partial charge is 0.464 e. The first kappa shape index (κ1) is 12.9. The Balaban J connectivity index is 2.42. The number of anilines is 1. The third kappa shape index (κ3) is 2.21. The molecule has 1 aliphatic carbocycles. The van der Waals surface area contributed by atoms with Gasteiger partial charge >= 0.3 is 5.97 Å². The smallest absolute Gasteiger partial charge is 0.358 e. The minimum absolute atomic E-state index is 0.365. The molecule has 1 aliphatic rings. The predicted molar refractivity (Wildman–Crippen MR) is 69.5 cm³/mol. The van der Waals surface area contributed by atoms with Gasteiger partial charge in [-0.1, -0.05) is 19.8 Å². The van der Waals surface area contributed by atoms with Crippen molar-refractivity contribution in [3.05, 3.63) is 11.3 Å². The van der Waals surface area contributed by atoms with Gasteiger partial charge in [-0.25, -0.2) is 9.48 Å². The summed E-state index contributed by atoms with van der Waals surface area (Å²) >= 11 is 0. The van der Waals surface area contributed by atoms with Gasteiger partial charge in [0.15, 0.2) is 5.69 Å². The molecule has 1 saturated carbocycles. The number of nitrogen functional groups attached to an aromatic ring is 1. The average Bonchev–Trinajstić information content (AvgIpc) is 2.98. The van der Waals surface area contributed by atoms with Crippen LogP contribution >= 0.6 is 0 Å². The molecule has 0 aliphatic heterocycles. The Hall–Kier alpha value is -1.52. The highest BCUT2D eigenvalue weighted by Gasteiger charge is 2.29. The van der Waals surface area contributed by atoms with Gasteiger partial charge in [-0.3, -0.25) is 0 Å². The molecule has 100 valence electrons. The van der Waals surface area contributed by atoms with Crippen molar-refractivity contribution in [3.8, 4) is 0 Å². The fraction of sp³-hybridized carbons (Fsp3) is 0.692. The van der Waals surface area contributed by atoms with E-state index in [0.717, 1.165) is 31.4 Å². The molecule has 1 aromatic heterocycles. The van der Waals surface area contributed by atoms with Crippen LogP contribution in [0.5, 0.6) is 0 Å². The Bertz CT molecular complexity index is 434. The number of hydrogen-bond acceptors (Lipinski definition) is 4. The number of nitrogens with zero attached hydrogens (tertiary/aromatic N) is 2. The summed E-state index contributed by atoms with van der Waals surface area (Å²) in [6.07, 6.45) is 5.52. The topological polar surface area (TPSA) is 70.1 Å². The molecular weight excluding hydrogens is 230 g/mol. The summed E-state index contributed by atoms with van der Waals surface area (Å²) in [5.74, 6) is 0.632. The quantitative estimate of drug-likeness (QED) is 0.834. The SMILES string of the molecule is CCCn1nc(C(=O)OC)c(C2CCCC2)c1N. The van der Waals surface area contributed by atoms with Crippen molar-refractivity contribution in [2.24, 2.45) is 0 Å². The Kier molecular flexibility index (Phi) is 3.89. The van der Waals surface area contributed by atoms with Gasteiger partial charge < -0.3 is 10.5 Å². The van der Waals surface area contributed by atoms with E-state index in [1.807, 2.05) is 0 Å². The van der Waals surface area contributed by atoms with Crippen LogP contribution in [0.15, 0.2) is 0 Å². The minimum atomic E-state index is -0.376. The van der Waals surface area contributed by atoms with E-state index in [1.165, 1.54) is 20.0 Å². The standard InChI is InChI=1S/C13H21N3O2/c1-3-8-16-12(14)10(9-6-4-5-7-9)11(15-16)13(17)18-2/h9H,3-8,14H2,1-2H3. The zero-order valence-electron chi connectivity index (χ0n) is 11.1. The van der Waals surface area contributed by atoms with Gasteiger partial charge in [-0.2, -0.15) is 5.10 Å². The molecule has 1 fully saturated rings. The average molecular weight is 251 g/mol. The highest BCUT2D eigenvalue weighted by molar-refractivity contribution is 5.90. The molecule has 0 atom stereocenters. The lowest BCUT2D eigenvalue weighted by atomic mass is 9.97. The summed E-state index contributed by atoms with van der Waals surface area (Å²) in [5, 5.41) is 4.33. The molecule has 0 saturated heterocycles. The van der Waals surface area contributed by atoms with E-state index in [4.69, 9.17) is 10.5 Å². The van der Waals surface area contributed by atoms with Crippen LogP contribution in [-0.2, 0) is 11.3 Å². The lowest BCUT2D eigenvalue weighted by molar-refractivity contribution is 0.0591. The highest BCUT2D eigenvalue weighted by atomic mass is 16.5. The first-order chi connectivity index (χ1) is 8.69. The maximum atomic E-state index is 11.8. The fourth-order valence-corrected chi connectivity index (χ4v) is 2.74. The number of nitrogens with two attached hydrogens (primary N) is 1. The number of rotatable bonds is 4. The molecule has 0 unspecified atom stereocenters. The second kappa shape index (κ2) is 5.42. The fourth-order valence-electron chi connectivity index (χ4n) is 2.74. The van der Waals surface area contributed by atoms with Crippen LogP contribution in [0.3, 0.4) is 0 Å². The highest BCUT2D eigenvalue weighted by Crippen LogP contribution is 2.39. The molecule has 1 aromatic rings. The molecule has 0 spiro atoms. The number of aryl methyl sites for hydroxylation is 1. The molecule has 1 heterocycles. The van der Waals surface area contributed by atoms with Gasteiger partial charge in [0, 0.05) is 12.1 Å². The maximum Gasteiger partial charge on any atom is 0.358 e. The van der Waals surface area contributed by atoms with Gasteiger partial charge in [0.2, 0.25) is 0 Å². The summed E-state index contributed by atoms with van der Waals surface area (Å²) in [6.45, 7) is 2.80. The predicted octanol–water partition coefficient (Wildman–Crippen LogP) is 2.32. The number of carbonyl (C=O) groups is 1. The van der Waals surface area contributed by atoms with Crippen molar-refractivity contribution in [1.29, 1.82) is 0 Å². The van der Waals surface area contributed by atoms with Gasteiger partial charge in [0.05, 0.1) is 7.11 Å². The first-order valence-electron chi connectivity index (χ1n) is 6.63. The summed E-state index contributed by atoms with van der Waals surface area (Å²) in [7, 11) is 1.38. The van der Waals surface area contributed by atoms with Crippen LogP contribution in [0.4, 0.5) is 5.82 Å². The monoisotopic (exact) mass is 251 g/mol. The van der Waals surface area contributed by atoms with E-state index in [1.54, 1.807) is 4.68 Å². The van der Waals surface area contributed by atoms with Crippen LogP contribution in [0.25, 0.3) is 0 Å². The molecule has 0 aromatic carbocycles. The van der Waals surface area contributed by atoms with Crippen LogP contribution in [0, 0.1) is 0 Å². The normalized spacial score (nSPS) is 16.1. The van der Waals surface area contributed by atoms with Crippen LogP contribution < -0.4 is 5.73 Å². The molecule has 2 N–H and O–H groups in total. The van der Waals surface area contributed by atoms with E-state index < -0.39 is 0 Å². The number of hydrogen-bond donors (Lipinski definition) is 1. The second-order valence-electron chi connectivity index (χ2n) is 4.84. The molecule has 5 nitrogen and oxygen atoms in total. The molecule has 18 heavy (non-hydrogen) atoms. The van der Waals surface area contributed by atoms with Gasteiger partial charge in [0.1, 0.15) is 5.82 Å². The van der Waals surface area contributed by atoms with Crippen molar-refractivity contribution in [1.82, 2.24) is 9.78 Å². The number of esters is 1. The molecule has 0 amide bonds. The Morgan fingerprint density at radius 3 is 2.72 bits per heavy atom. The molecule has 0 radical (unpaired) electrons. The van der Waals surface area contributed by atoms with Crippen molar-refractivity contribution in [3.63, 3.8) is 0 Å². The van der Waals surface area contributed by atoms with Crippen LogP contribution in [0.2, 0.25) is 0 Å². The second-order valence-corrected chi connectivity index (χ2v) is 4.84. The van der Waals surface area contributed by atoms with Crippen LogP contribution in [0.1, 0.15) is 61.0 Å². The lowest BCUT2D eigenvalue weighted by Crippen LogP contribution is -2.08. The third-order valence-corrected chi connectivity index (χ3v) is 3.61. The van der Waals surface area contributed by atoms with Crippen molar-refractivity contribution in [2.75, 3.05) is 12.8 Å². The zero-order chi connectivity index (χ0) is 13.1. The molecule has 2 rings (SSSR count). The number of ether oxygens (including phenoxy) is 1. The lowest BCUT2D eigenvalue weighted by Gasteiger charge is -2.10. The molecular formula is C13H21N3O2. The summed E-state index contributed by atoms with van der Waals surface area (Å²) in [6, 6.07) is 0. The summed E-state index contributed by atoms with van der Waals surface area (Å²) in [4.78, 5) is 11.8. The van der Waals surface area contributed by atoms with Crippen molar-refractivity contribution < 1.29 is 9.53 Å². The summed E-state index contributed by atoms with van der Waals surface area (Å²) in [5.41, 5.74) is 7.48. The van der Waals surface area contributed by atoms with Crippen molar-refractivity contribution in [2.45, 2.75) is 51.5 Å². The maximum absolute atomic E-state index is 11.8. The molecule has 0 bridgehead atoms. The molecule has 5 heteroatoms. The van der Waals surface area contributed by atoms with E-state index >= 15 is 0 Å². The number of methoxy groups -OCH3 is 1. The Morgan fingerprint density at radius 1 is 1.50 bits per heavy atom. The number of carbonyl (C=O) groups excluding carboxylic acids is 1. The van der Waals surface area contributed by atoms with Gasteiger partial charge in [0.25, 0.3) is 0 Å². The Morgan fingerprint density at radius 2 is 2.17 bits per heavy atom. The van der Waals surface area contributed by atoms with Gasteiger partial charge in [-0.15, -0.1) is 0 Å². The summed E-state index contributed by atoms with van der Waals surface area (Å²) < 4.78 is 6.55. The van der Waals surface area contributed by atoms with E-state index in [2.05, 4.69) is 12.0 Å². The zero-order valence-corrected chi connectivity index (χ0v) is 11.1. The van der Waals surface area contributed by atoms with Crippen molar-refractivity contribution >= 4 is 11.8 Å². The number of aromatic nitrogens is 2. The van der Waals surface area contributed by atoms with E-state index in [-0.39, 0.29) is 5.97 Å². The minimum Gasteiger partial charge on any atom is -0.464 e. The Labute approximate surface area is 107 Å². The third-order valence-electron chi connectivity index (χ3n) is 3.61.